The summed E-state index contributed by atoms with van der Waals surface area (Å²) in [4.78, 5) is 10.9. The Morgan fingerprint density at radius 3 is 2.93 bits per heavy atom. The molecule has 0 saturated carbocycles. The predicted molar refractivity (Wildman–Crippen MR) is 62.0 cm³/mol. The Kier molecular flexibility index (Phi) is 2.83. The fraction of sp³-hybridized carbons (Fsp3) is 0.417. The molecule has 0 fully saturated rings. The molecule has 0 saturated heterocycles. The number of hydrogen-bond acceptors (Lipinski definition) is 1. The third-order valence-electron chi connectivity index (χ3n) is 2.99. The van der Waals surface area contributed by atoms with Gasteiger partial charge >= 0.3 is 5.97 Å². The van der Waals surface area contributed by atoms with Crippen LogP contribution in [0.25, 0.3) is 0 Å². The van der Waals surface area contributed by atoms with E-state index < -0.39 is 5.97 Å². The Bertz CT molecular complexity index is 412. The molecule has 15 heavy (non-hydrogen) atoms. The first-order valence-corrected chi connectivity index (χ1v) is 5.88. The molecule has 0 bridgehead atoms. The fourth-order valence-corrected chi connectivity index (χ4v) is 2.96. The van der Waals surface area contributed by atoms with Crippen LogP contribution in [0, 0.1) is 12.8 Å². The second-order valence-corrected chi connectivity index (χ2v) is 5.02. The molecule has 1 atom stereocenters. The van der Waals surface area contributed by atoms with Gasteiger partial charge in [-0.05, 0) is 48.9 Å². The van der Waals surface area contributed by atoms with Crippen LogP contribution in [0.2, 0.25) is 0 Å². The Morgan fingerprint density at radius 2 is 2.27 bits per heavy atom. The van der Waals surface area contributed by atoms with Gasteiger partial charge in [0.1, 0.15) is 0 Å². The number of hydrogen-bond donors (Lipinski definition) is 1. The van der Waals surface area contributed by atoms with Crippen LogP contribution in [0.1, 0.15) is 23.1 Å². The first-order chi connectivity index (χ1) is 7.08. The van der Waals surface area contributed by atoms with E-state index in [1.807, 2.05) is 0 Å². The summed E-state index contributed by atoms with van der Waals surface area (Å²) < 4.78 is 1.06. The highest BCUT2D eigenvalue weighted by atomic mass is 79.9. The third kappa shape index (κ3) is 2.07. The Balaban J connectivity index is 2.37. The van der Waals surface area contributed by atoms with Crippen molar-refractivity contribution in [1.29, 1.82) is 0 Å². The van der Waals surface area contributed by atoms with Crippen molar-refractivity contribution in [3.05, 3.63) is 33.3 Å². The molecule has 3 heteroatoms. The lowest BCUT2D eigenvalue weighted by Gasteiger charge is -2.23. The minimum Gasteiger partial charge on any atom is -0.481 e. The van der Waals surface area contributed by atoms with Gasteiger partial charge in [0, 0.05) is 4.47 Å². The molecule has 80 valence electrons. The number of halogens is 1. The highest BCUT2D eigenvalue weighted by molar-refractivity contribution is 9.10. The number of fused-ring (bicyclic) bond motifs is 1. The number of carboxylic acid groups (broad SMARTS) is 1. The van der Waals surface area contributed by atoms with Crippen LogP contribution in [0.15, 0.2) is 16.6 Å². The summed E-state index contributed by atoms with van der Waals surface area (Å²) in [7, 11) is 0. The molecule has 1 N–H and O–H groups in total. The topological polar surface area (TPSA) is 37.3 Å². The highest BCUT2D eigenvalue weighted by Crippen LogP contribution is 2.32. The lowest BCUT2D eigenvalue weighted by molar-refractivity contribution is -0.142. The lowest BCUT2D eigenvalue weighted by Crippen LogP contribution is -2.22. The van der Waals surface area contributed by atoms with Gasteiger partial charge in [0.05, 0.1) is 5.92 Å². The molecule has 0 aliphatic heterocycles. The summed E-state index contributed by atoms with van der Waals surface area (Å²) in [6.07, 6.45) is 2.30. The van der Waals surface area contributed by atoms with Crippen LogP contribution < -0.4 is 0 Å². The zero-order valence-electron chi connectivity index (χ0n) is 8.59. The van der Waals surface area contributed by atoms with E-state index in [-0.39, 0.29) is 5.92 Å². The summed E-state index contributed by atoms with van der Waals surface area (Å²) >= 11 is 3.52. The Hall–Kier alpha value is -0.830. The normalized spacial score (nSPS) is 19.7. The van der Waals surface area contributed by atoms with Gasteiger partial charge in [-0.1, -0.05) is 22.0 Å². The third-order valence-corrected chi connectivity index (χ3v) is 3.70. The molecule has 1 aliphatic carbocycles. The molecule has 0 spiro atoms. The molecule has 2 rings (SSSR count). The summed E-state index contributed by atoms with van der Waals surface area (Å²) in [5.41, 5.74) is 3.72. The average molecular weight is 269 g/mol. The van der Waals surface area contributed by atoms with Gasteiger partial charge in [-0.3, -0.25) is 4.79 Å². The molecule has 0 amide bonds. The number of aliphatic carboxylic acids is 1. The molecule has 1 aliphatic rings. The van der Waals surface area contributed by atoms with Gasteiger partial charge in [0.2, 0.25) is 0 Å². The number of carboxylic acids is 1. The summed E-state index contributed by atoms with van der Waals surface area (Å²) in [5.74, 6) is -0.885. The highest BCUT2D eigenvalue weighted by Gasteiger charge is 2.25. The van der Waals surface area contributed by atoms with Crippen molar-refractivity contribution in [2.45, 2.75) is 26.2 Å². The maximum atomic E-state index is 10.9. The molecule has 1 unspecified atom stereocenters. The largest absolute Gasteiger partial charge is 0.481 e. The lowest BCUT2D eigenvalue weighted by atomic mass is 9.83. The van der Waals surface area contributed by atoms with Crippen molar-refractivity contribution < 1.29 is 9.90 Å². The standard InChI is InChI=1S/C12H13BrO2/c1-7-4-8-2-3-9(12(14)15)6-10(8)11(13)5-7/h4-5,9H,2-3,6H2,1H3,(H,14,15). The SMILES string of the molecule is Cc1cc(Br)c2c(c1)CCC(C(=O)O)C2. The molecule has 0 aromatic heterocycles. The van der Waals surface area contributed by atoms with Gasteiger partial charge in [0.15, 0.2) is 0 Å². The molecule has 0 radical (unpaired) electrons. The van der Waals surface area contributed by atoms with E-state index in [1.165, 1.54) is 16.7 Å². The van der Waals surface area contributed by atoms with E-state index in [9.17, 15) is 4.79 Å². The van der Waals surface area contributed by atoms with E-state index in [0.717, 1.165) is 17.3 Å². The van der Waals surface area contributed by atoms with Crippen LogP contribution in [-0.2, 0) is 17.6 Å². The first-order valence-electron chi connectivity index (χ1n) is 5.08. The Morgan fingerprint density at radius 1 is 1.53 bits per heavy atom. The predicted octanol–water partition coefficient (Wildman–Crippen LogP) is 2.95. The molecule has 2 nitrogen and oxygen atoms in total. The van der Waals surface area contributed by atoms with Crippen molar-refractivity contribution in [2.75, 3.05) is 0 Å². The summed E-state index contributed by atoms with van der Waals surface area (Å²) in [5, 5.41) is 8.99. The van der Waals surface area contributed by atoms with Crippen molar-refractivity contribution in [1.82, 2.24) is 0 Å². The zero-order valence-corrected chi connectivity index (χ0v) is 10.2. The maximum absolute atomic E-state index is 10.9. The van der Waals surface area contributed by atoms with E-state index >= 15 is 0 Å². The maximum Gasteiger partial charge on any atom is 0.306 e. The quantitative estimate of drug-likeness (QED) is 0.851. The van der Waals surface area contributed by atoms with Crippen LogP contribution in [-0.4, -0.2) is 11.1 Å². The van der Waals surface area contributed by atoms with Crippen molar-refractivity contribution >= 4 is 21.9 Å². The van der Waals surface area contributed by atoms with Gasteiger partial charge in [-0.2, -0.15) is 0 Å². The van der Waals surface area contributed by atoms with Gasteiger partial charge in [-0.25, -0.2) is 0 Å². The Labute approximate surface area is 97.4 Å². The molecular weight excluding hydrogens is 256 g/mol. The second-order valence-electron chi connectivity index (χ2n) is 4.16. The summed E-state index contributed by atoms with van der Waals surface area (Å²) in [6, 6.07) is 4.22. The number of rotatable bonds is 1. The van der Waals surface area contributed by atoms with E-state index in [4.69, 9.17) is 5.11 Å². The van der Waals surface area contributed by atoms with E-state index in [2.05, 4.69) is 35.0 Å². The van der Waals surface area contributed by atoms with Crippen molar-refractivity contribution in [2.24, 2.45) is 5.92 Å². The van der Waals surface area contributed by atoms with E-state index in [1.54, 1.807) is 0 Å². The van der Waals surface area contributed by atoms with Gasteiger partial charge in [0.25, 0.3) is 0 Å². The van der Waals surface area contributed by atoms with E-state index in [0.29, 0.717) is 6.42 Å². The van der Waals surface area contributed by atoms with Gasteiger partial charge in [-0.15, -0.1) is 0 Å². The fourth-order valence-electron chi connectivity index (χ4n) is 2.18. The monoisotopic (exact) mass is 268 g/mol. The van der Waals surface area contributed by atoms with Crippen molar-refractivity contribution in [3.63, 3.8) is 0 Å². The van der Waals surface area contributed by atoms with Crippen LogP contribution in [0.3, 0.4) is 0 Å². The van der Waals surface area contributed by atoms with Crippen LogP contribution >= 0.6 is 15.9 Å². The molecular formula is C12H13BrO2. The van der Waals surface area contributed by atoms with Crippen LogP contribution in [0.5, 0.6) is 0 Å². The minimum atomic E-state index is -0.673. The number of carbonyl (C=O) groups is 1. The average Bonchev–Trinajstić information content (AvgIpc) is 2.16. The number of benzene rings is 1. The van der Waals surface area contributed by atoms with Gasteiger partial charge < -0.3 is 5.11 Å². The van der Waals surface area contributed by atoms with Crippen molar-refractivity contribution in [3.8, 4) is 0 Å². The smallest absolute Gasteiger partial charge is 0.306 e. The molecule has 1 aromatic carbocycles. The first kappa shape index (κ1) is 10.7. The minimum absolute atomic E-state index is 0.212. The zero-order chi connectivity index (χ0) is 11.0. The number of aryl methyl sites for hydroxylation is 2. The van der Waals surface area contributed by atoms with Crippen LogP contribution in [0.4, 0.5) is 0 Å². The summed E-state index contributed by atoms with van der Waals surface area (Å²) in [6.45, 7) is 2.06. The molecule has 1 aromatic rings. The second kappa shape index (κ2) is 3.97. The molecule has 0 heterocycles.